The molecule has 3 saturated heterocycles. The Morgan fingerprint density at radius 3 is 2.57 bits per heavy atom. The molecule has 3 aliphatic heterocycles. The van der Waals surface area contributed by atoms with E-state index in [1.54, 1.807) is 28.8 Å². The Balaban J connectivity index is 2.02. The first-order valence-corrected chi connectivity index (χ1v) is 14.8. The molecule has 0 aliphatic carbocycles. The molecule has 8 heteroatoms. The van der Waals surface area contributed by atoms with Crippen LogP contribution in [0.3, 0.4) is 0 Å². The zero-order valence-electron chi connectivity index (χ0n) is 23.1. The van der Waals surface area contributed by atoms with Crippen molar-refractivity contribution in [3.05, 3.63) is 25.3 Å². The molecule has 0 saturated carbocycles. The fraction of sp³-hybridized carbons (Fsp3) is 0.759. The Bertz CT molecular complexity index is 878. The number of thioether (sulfide) groups is 1. The molecule has 1 spiro atoms. The van der Waals surface area contributed by atoms with Crippen LogP contribution in [0.2, 0.25) is 0 Å². The first-order chi connectivity index (χ1) is 17.6. The van der Waals surface area contributed by atoms with E-state index in [4.69, 9.17) is 4.74 Å². The van der Waals surface area contributed by atoms with Crippen LogP contribution in [0.4, 0.5) is 0 Å². The largest absolute Gasteiger partial charge is 0.465 e. The summed E-state index contributed by atoms with van der Waals surface area (Å²) in [6, 6.07) is -1.23. The number of rotatable bonds is 15. The van der Waals surface area contributed by atoms with Gasteiger partial charge in [0.15, 0.2) is 0 Å². The fourth-order valence-electron chi connectivity index (χ4n) is 6.64. The van der Waals surface area contributed by atoms with Gasteiger partial charge < -0.3 is 19.6 Å². The molecular formula is C29H46N2O5S. The van der Waals surface area contributed by atoms with E-state index in [1.807, 2.05) is 25.7 Å². The van der Waals surface area contributed by atoms with Crippen molar-refractivity contribution in [1.29, 1.82) is 0 Å². The van der Waals surface area contributed by atoms with Gasteiger partial charge in [-0.05, 0) is 44.9 Å². The van der Waals surface area contributed by atoms with Crippen LogP contribution >= 0.6 is 11.8 Å². The molecule has 208 valence electrons. The van der Waals surface area contributed by atoms with Crippen LogP contribution in [-0.4, -0.2) is 80.6 Å². The molecule has 0 aromatic heterocycles. The smallest absolute Gasteiger partial charge is 0.311 e. The third-order valence-corrected chi connectivity index (χ3v) is 10.5. The Morgan fingerprint density at radius 1 is 1.24 bits per heavy atom. The van der Waals surface area contributed by atoms with Gasteiger partial charge in [-0.2, -0.15) is 0 Å². The summed E-state index contributed by atoms with van der Waals surface area (Å²) in [7, 11) is 0. The van der Waals surface area contributed by atoms with Crippen LogP contribution in [0.25, 0.3) is 0 Å². The summed E-state index contributed by atoms with van der Waals surface area (Å²) in [6.07, 6.45) is 9.34. The number of aliphatic hydroxyl groups excluding tert-OH is 1. The number of unbranched alkanes of at least 4 members (excludes halogenated alkanes) is 3. The highest BCUT2D eigenvalue weighted by Crippen LogP contribution is 2.71. The topological polar surface area (TPSA) is 87.1 Å². The lowest BCUT2D eigenvalue weighted by Gasteiger charge is -2.40. The number of aliphatic hydroxyl groups is 1. The number of hydrogen-bond donors (Lipinski definition) is 1. The predicted molar refractivity (Wildman–Crippen MR) is 148 cm³/mol. The van der Waals surface area contributed by atoms with E-state index in [0.29, 0.717) is 25.9 Å². The first kappa shape index (κ1) is 29.8. The highest BCUT2D eigenvalue weighted by Gasteiger charge is 2.78. The molecule has 3 aliphatic rings. The van der Waals surface area contributed by atoms with Gasteiger partial charge in [-0.3, -0.25) is 14.4 Å². The molecule has 0 aromatic rings. The molecule has 3 heterocycles. The number of esters is 1. The number of likely N-dealkylation sites (tertiary alicyclic amines) is 1. The van der Waals surface area contributed by atoms with Crippen LogP contribution in [0.15, 0.2) is 25.3 Å². The lowest BCUT2D eigenvalue weighted by molar-refractivity contribution is -0.156. The van der Waals surface area contributed by atoms with Crippen molar-refractivity contribution in [2.45, 2.75) is 94.2 Å². The summed E-state index contributed by atoms with van der Waals surface area (Å²) in [4.78, 5) is 45.5. The van der Waals surface area contributed by atoms with Gasteiger partial charge in [-0.25, -0.2) is 0 Å². The van der Waals surface area contributed by atoms with Crippen LogP contribution in [0.5, 0.6) is 0 Å². The van der Waals surface area contributed by atoms with Gasteiger partial charge >= 0.3 is 5.97 Å². The first-order valence-electron chi connectivity index (χ1n) is 13.9. The molecule has 1 N–H and O–H groups in total. The van der Waals surface area contributed by atoms with Crippen molar-refractivity contribution < 1.29 is 24.2 Å². The number of amides is 2. The Labute approximate surface area is 227 Å². The third-order valence-electron chi connectivity index (χ3n) is 8.51. The summed E-state index contributed by atoms with van der Waals surface area (Å²) in [5.74, 6) is -1.92. The maximum atomic E-state index is 14.3. The summed E-state index contributed by atoms with van der Waals surface area (Å²) < 4.78 is 4.52. The van der Waals surface area contributed by atoms with Gasteiger partial charge in [-0.15, -0.1) is 24.9 Å². The number of ether oxygens (including phenoxy) is 1. The quantitative estimate of drug-likeness (QED) is 0.193. The van der Waals surface area contributed by atoms with Gasteiger partial charge in [0.05, 0.1) is 35.8 Å². The number of fused-ring (bicyclic) bond motifs is 1. The Morgan fingerprint density at radius 2 is 1.97 bits per heavy atom. The van der Waals surface area contributed by atoms with Crippen molar-refractivity contribution in [3.8, 4) is 0 Å². The Kier molecular flexibility index (Phi) is 9.95. The minimum absolute atomic E-state index is 0.0467. The molecule has 2 bridgehead atoms. The molecule has 7 nitrogen and oxygen atoms in total. The number of nitrogens with zero attached hydrogens (tertiary/aromatic N) is 2. The summed E-state index contributed by atoms with van der Waals surface area (Å²) in [6.45, 7) is 16.7. The van der Waals surface area contributed by atoms with Crippen LogP contribution in [0.1, 0.15) is 72.6 Å². The van der Waals surface area contributed by atoms with Gasteiger partial charge in [0.1, 0.15) is 6.04 Å². The van der Waals surface area contributed by atoms with E-state index in [2.05, 4.69) is 20.1 Å². The highest BCUT2D eigenvalue weighted by atomic mass is 32.2. The van der Waals surface area contributed by atoms with Crippen LogP contribution in [-0.2, 0) is 19.1 Å². The van der Waals surface area contributed by atoms with Gasteiger partial charge in [-0.1, -0.05) is 45.8 Å². The van der Waals surface area contributed by atoms with E-state index >= 15 is 0 Å². The fourth-order valence-corrected chi connectivity index (χ4v) is 8.97. The second-order valence-electron chi connectivity index (χ2n) is 11.3. The monoisotopic (exact) mass is 534 g/mol. The maximum Gasteiger partial charge on any atom is 0.311 e. The standard InChI is InChI=1S/C29H46N2O5S/c1-7-10-12-17-30(16-9-3)26(34)24-29-15-14-28(6,37-29)23(27(35)36-18-13-11-8-2)22(29)25(33)31(24)21(19-32)20(4)5/h8-9,20-24,32H,2-3,7,10-19H2,1,4-6H3/t21-,22-,23-,24?,28+,29?/m0/s1. The second-order valence-corrected chi connectivity index (χ2v) is 13.2. The Hall–Kier alpha value is -1.80. The maximum absolute atomic E-state index is 14.3. The third kappa shape index (κ3) is 5.38. The van der Waals surface area contributed by atoms with Crippen molar-refractivity contribution in [1.82, 2.24) is 9.80 Å². The zero-order valence-corrected chi connectivity index (χ0v) is 23.9. The van der Waals surface area contributed by atoms with E-state index in [0.717, 1.165) is 32.1 Å². The van der Waals surface area contributed by atoms with Gasteiger partial charge in [0.2, 0.25) is 11.8 Å². The van der Waals surface area contributed by atoms with E-state index in [9.17, 15) is 19.5 Å². The lowest BCUT2D eigenvalue weighted by Crippen LogP contribution is -2.58. The number of carbonyl (C=O) groups excluding carboxylic acids is 3. The molecule has 0 radical (unpaired) electrons. The van der Waals surface area contributed by atoms with E-state index in [1.165, 1.54) is 0 Å². The van der Waals surface area contributed by atoms with E-state index in [-0.39, 0.29) is 36.9 Å². The molecule has 2 unspecified atom stereocenters. The molecule has 3 rings (SSSR count). The summed E-state index contributed by atoms with van der Waals surface area (Å²) in [5, 5.41) is 10.4. The molecular weight excluding hydrogens is 488 g/mol. The van der Waals surface area contributed by atoms with Crippen molar-refractivity contribution in [3.63, 3.8) is 0 Å². The average Bonchev–Trinajstić information content (AvgIpc) is 3.42. The normalized spacial score (nSPS) is 30.9. The van der Waals surface area contributed by atoms with Crippen molar-refractivity contribution >= 4 is 29.5 Å². The lowest BCUT2D eigenvalue weighted by atomic mass is 9.66. The highest BCUT2D eigenvalue weighted by molar-refractivity contribution is 8.02. The molecule has 37 heavy (non-hydrogen) atoms. The average molecular weight is 535 g/mol. The zero-order chi connectivity index (χ0) is 27.4. The van der Waals surface area contributed by atoms with Gasteiger partial charge in [0.25, 0.3) is 0 Å². The molecule has 0 aromatic carbocycles. The van der Waals surface area contributed by atoms with Crippen molar-refractivity contribution in [2.75, 3.05) is 26.3 Å². The summed E-state index contributed by atoms with van der Waals surface area (Å²) in [5.41, 5.74) is 0. The predicted octanol–water partition coefficient (Wildman–Crippen LogP) is 4.20. The number of allylic oxidation sites excluding steroid dienone is 1. The number of hydrogen-bond acceptors (Lipinski definition) is 6. The van der Waals surface area contributed by atoms with E-state index < -0.39 is 33.4 Å². The minimum Gasteiger partial charge on any atom is -0.465 e. The number of carbonyl (C=O) groups is 3. The van der Waals surface area contributed by atoms with Crippen LogP contribution < -0.4 is 0 Å². The minimum atomic E-state index is -0.725. The van der Waals surface area contributed by atoms with Crippen molar-refractivity contribution in [2.24, 2.45) is 17.8 Å². The van der Waals surface area contributed by atoms with Gasteiger partial charge in [0, 0.05) is 17.8 Å². The SMILES string of the molecule is C=CCCCOC(=O)[C@@H]1[C@H]2C(=O)N([C@@H](CO)C(C)C)C(C(=O)N(CC=C)CCCCC)C23CC[C@@]1(C)S3. The molecule has 3 fully saturated rings. The van der Waals surface area contributed by atoms with Crippen LogP contribution in [0, 0.1) is 17.8 Å². The molecule has 2 amide bonds. The second kappa shape index (κ2) is 12.4. The summed E-state index contributed by atoms with van der Waals surface area (Å²) >= 11 is 1.64. The molecule has 6 atom stereocenters.